The molecule has 52 heavy (non-hydrogen) atoms. The highest BCUT2D eigenvalue weighted by molar-refractivity contribution is 7.33. The molecular formula is C43H86NO7P. The van der Waals surface area contributed by atoms with Crippen molar-refractivity contribution < 1.29 is 32.7 Å². The first-order chi connectivity index (χ1) is 25.5. The van der Waals surface area contributed by atoms with Crippen LogP contribution < -0.4 is 5.73 Å². The van der Waals surface area contributed by atoms with E-state index in [4.69, 9.17) is 24.3 Å². The maximum atomic E-state index is 12.6. The normalized spacial score (nSPS) is 12.6. The van der Waals surface area contributed by atoms with Crippen LogP contribution in [0.3, 0.4) is 0 Å². The van der Waals surface area contributed by atoms with Crippen LogP contribution in [0.4, 0.5) is 0 Å². The fraction of sp³-hybridized carbons (Fsp3) is 0.953. The summed E-state index contributed by atoms with van der Waals surface area (Å²) in [7, 11) is -2.76. The van der Waals surface area contributed by atoms with Crippen molar-refractivity contribution in [2.45, 2.75) is 238 Å². The minimum Gasteiger partial charge on any atom is -0.462 e. The summed E-state index contributed by atoms with van der Waals surface area (Å²) >= 11 is 0. The van der Waals surface area contributed by atoms with Crippen LogP contribution in [-0.2, 0) is 32.7 Å². The summed E-state index contributed by atoms with van der Waals surface area (Å²) in [4.78, 5) is 25.0. The largest absolute Gasteiger partial charge is 0.462 e. The molecule has 0 bridgehead atoms. The molecule has 9 heteroatoms. The lowest BCUT2D eigenvalue weighted by Gasteiger charge is -2.18. The molecule has 0 saturated carbocycles. The van der Waals surface area contributed by atoms with E-state index in [1.54, 1.807) is 0 Å². The molecule has 0 rings (SSSR count). The molecule has 310 valence electrons. The minimum atomic E-state index is -2.76. The average Bonchev–Trinajstić information content (AvgIpc) is 3.14. The lowest BCUT2D eigenvalue weighted by atomic mass is 10.0. The van der Waals surface area contributed by atoms with Crippen LogP contribution in [0.5, 0.6) is 0 Å². The van der Waals surface area contributed by atoms with Gasteiger partial charge in [0.25, 0.3) is 0 Å². The van der Waals surface area contributed by atoms with E-state index >= 15 is 0 Å². The molecule has 2 unspecified atom stereocenters. The maximum absolute atomic E-state index is 12.6. The van der Waals surface area contributed by atoms with Gasteiger partial charge in [-0.05, 0) is 12.8 Å². The third-order valence-electron chi connectivity index (χ3n) is 9.92. The van der Waals surface area contributed by atoms with Crippen LogP contribution in [0.25, 0.3) is 0 Å². The number of nitrogens with two attached hydrogens (primary N) is 1. The summed E-state index contributed by atoms with van der Waals surface area (Å²) in [5.41, 5.74) is 5.40. The number of hydrogen-bond donors (Lipinski definition) is 1. The molecule has 0 radical (unpaired) electrons. The number of hydrogen-bond acceptors (Lipinski definition) is 8. The number of unbranched alkanes of at least 4 members (excludes halogenated alkanes) is 30. The van der Waals surface area contributed by atoms with E-state index in [2.05, 4.69) is 13.8 Å². The van der Waals surface area contributed by atoms with Crippen molar-refractivity contribution in [2.75, 3.05) is 26.4 Å². The van der Waals surface area contributed by atoms with Gasteiger partial charge in [0.2, 0.25) is 0 Å². The number of rotatable bonds is 43. The van der Waals surface area contributed by atoms with Gasteiger partial charge < -0.3 is 24.3 Å². The maximum Gasteiger partial charge on any atom is 0.319 e. The molecule has 0 aromatic heterocycles. The van der Waals surface area contributed by atoms with Crippen molar-refractivity contribution >= 4 is 20.2 Å². The molecule has 2 atom stereocenters. The summed E-state index contributed by atoms with van der Waals surface area (Å²) in [5.74, 6) is -0.661. The molecule has 0 heterocycles. The fourth-order valence-electron chi connectivity index (χ4n) is 6.60. The fourth-order valence-corrected chi connectivity index (χ4v) is 7.29. The number of esters is 2. The predicted octanol–water partition coefficient (Wildman–Crippen LogP) is 13.1. The average molecular weight is 760 g/mol. The Labute approximate surface area is 322 Å². The zero-order chi connectivity index (χ0) is 38.0. The van der Waals surface area contributed by atoms with Gasteiger partial charge in [0, 0.05) is 19.4 Å². The Balaban J connectivity index is 3.98. The summed E-state index contributed by atoms with van der Waals surface area (Å²) < 4.78 is 33.3. The lowest BCUT2D eigenvalue weighted by molar-refractivity contribution is -0.161. The van der Waals surface area contributed by atoms with Gasteiger partial charge in [-0.3, -0.25) is 14.2 Å². The Morgan fingerprint density at radius 1 is 0.462 bits per heavy atom. The first kappa shape index (κ1) is 51.0. The topological polar surface area (TPSA) is 114 Å². The van der Waals surface area contributed by atoms with Crippen molar-refractivity contribution in [3.63, 3.8) is 0 Å². The van der Waals surface area contributed by atoms with E-state index in [1.807, 2.05) is 0 Å². The van der Waals surface area contributed by atoms with Gasteiger partial charge in [-0.25, -0.2) is 0 Å². The molecule has 2 N–H and O–H groups in total. The standard InChI is InChI=1S/C43H86NO7P/c1-3-5-7-9-11-13-15-17-19-21-23-25-27-29-31-33-35-42(45)48-39-41(40-50-52(47)49-38-37-44)51-43(46)36-34-32-30-28-26-24-22-20-18-16-14-12-10-8-6-4-2/h41,52H,3-40,44H2,1-2H3. The van der Waals surface area contributed by atoms with E-state index in [-0.39, 0.29) is 38.3 Å². The zero-order valence-corrected chi connectivity index (χ0v) is 35.4. The van der Waals surface area contributed by atoms with Crippen molar-refractivity contribution in [3.05, 3.63) is 0 Å². The third kappa shape index (κ3) is 40.2. The quantitative estimate of drug-likeness (QED) is 0.0371. The highest BCUT2D eigenvalue weighted by Gasteiger charge is 2.19. The molecule has 8 nitrogen and oxygen atoms in total. The monoisotopic (exact) mass is 760 g/mol. The van der Waals surface area contributed by atoms with Crippen molar-refractivity contribution in [1.82, 2.24) is 0 Å². The summed E-state index contributed by atoms with van der Waals surface area (Å²) in [6.07, 6.45) is 40.8. The first-order valence-corrected chi connectivity index (χ1v) is 23.6. The Hall–Kier alpha value is -0.950. The second kappa shape index (κ2) is 42.8. The zero-order valence-electron chi connectivity index (χ0n) is 34.4. The Morgan fingerprint density at radius 2 is 0.788 bits per heavy atom. The molecule has 0 fully saturated rings. The number of carbonyl (C=O) groups excluding carboxylic acids is 2. The Kier molecular flexibility index (Phi) is 42.0. The van der Waals surface area contributed by atoms with Gasteiger partial charge in [-0.2, -0.15) is 0 Å². The number of ether oxygens (including phenoxy) is 2. The van der Waals surface area contributed by atoms with Crippen LogP contribution in [0.1, 0.15) is 232 Å². The van der Waals surface area contributed by atoms with Crippen LogP contribution in [0.15, 0.2) is 0 Å². The molecule has 0 aromatic carbocycles. The van der Waals surface area contributed by atoms with E-state index in [9.17, 15) is 14.2 Å². The van der Waals surface area contributed by atoms with Gasteiger partial charge in [-0.1, -0.05) is 206 Å². The molecule has 0 amide bonds. The molecule has 0 aliphatic rings. The van der Waals surface area contributed by atoms with Gasteiger partial charge in [-0.15, -0.1) is 0 Å². The van der Waals surface area contributed by atoms with E-state index < -0.39 is 14.4 Å². The minimum absolute atomic E-state index is 0.117. The molecule has 0 aliphatic carbocycles. The van der Waals surface area contributed by atoms with E-state index in [0.29, 0.717) is 12.8 Å². The summed E-state index contributed by atoms with van der Waals surface area (Å²) in [6, 6.07) is 0. The Morgan fingerprint density at radius 3 is 1.13 bits per heavy atom. The summed E-state index contributed by atoms with van der Waals surface area (Å²) in [5, 5.41) is 0. The lowest BCUT2D eigenvalue weighted by Crippen LogP contribution is -2.29. The van der Waals surface area contributed by atoms with Gasteiger partial charge in [0.1, 0.15) is 6.61 Å². The van der Waals surface area contributed by atoms with Gasteiger partial charge in [0.15, 0.2) is 6.10 Å². The second-order valence-corrected chi connectivity index (χ2v) is 16.2. The van der Waals surface area contributed by atoms with Crippen LogP contribution in [0, 0.1) is 0 Å². The van der Waals surface area contributed by atoms with Gasteiger partial charge in [0.05, 0.1) is 13.2 Å². The van der Waals surface area contributed by atoms with Crippen LogP contribution >= 0.6 is 8.25 Å². The van der Waals surface area contributed by atoms with Crippen LogP contribution in [0.2, 0.25) is 0 Å². The first-order valence-electron chi connectivity index (χ1n) is 22.4. The highest BCUT2D eigenvalue weighted by Crippen LogP contribution is 2.24. The molecule has 0 aromatic rings. The SMILES string of the molecule is CCCCCCCCCCCCCCCCCCC(=O)OCC(CO[PH](=O)OCCN)OC(=O)CCCCCCCCCCCCCCCCCC. The van der Waals surface area contributed by atoms with Crippen LogP contribution in [-0.4, -0.2) is 44.4 Å². The molecule has 0 saturated heterocycles. The Bertz CT molecular complexity index is 785. The van der Waals surface area contributed by atoms with Gasteiger partial charge >= 0.3 is 20.2 Å². The predicted molar refractivity (Wildman–Crippen MR) is 219 cm³/mol. The molecule has 0 spiro atoms. The van der Waals surface area contributed by atoms with Crippen molar-refractivity contribution in [3.8, 4) is 0 Å². The molecular weight excluding hydrogens is 673 g/mol. The third-order valence-corrected chi connectivity index (χ3v) is 10.8. The van der Waals surface area contributed by atoms with Crippen molar-refractivity contribution in [1.29, 1.82) is 0 Å². The molecule has 0 aliphatic heterocycles. The second-order valence-electron chi connectivity index (χ2n) is 15.1. The van der Waals surface area contributed by atoms with Crippen molar-refractivity contribution in [2.24, 2.45) is 5.73 Å². The van der Waals surface area contributed by atoms with E-state index in [1.165, 1.54) is 167 Å². The smallest absolute Gasteiger partial charge is 0.319 e. The highest BCUT2D eigenvalue weighted by atomic mass is 31.1. The number of carbonyl (C=O) groups is 2. The van der Waals surface area contributed by atoms with E-state index in [0.717, 1.165) is 38.5 Å². The summed E-state index contributed by atoms with van der Waals surface area (Å²) in [6.45, 7) is 4.62.